The smallest absolute Gasteiger partial charge is 0.416 e. The molecule has 0 aromatic heterocycles. The number of nitrogens with zero attached hydrogens (tertiary/aromatic N) is 3. The van der Waals surface area contributed by atoms with Crippen molar-refractivity contribution in [2.24, 2.45) is 4.99 Å². The standard InChI is InChI=1S/C25H22F3N3O4S/c1-34-18-5-4-6-19(16-18)36(32,33)31-13-11-30(12-14-31)24-20-7-2-3-8-22(20)35-23-15-17(25(26,27)28)9-10-21(23)29-24/h2-10,15-16H,11-14H2,1H3. The fraction of sp³-hybridized carbons (Fsp3) is 0.240. The number of benzene rings is 3. The molecule has 2 aliphatic rings. The monoisotopic (exact) mass is 517 g/mol. The summed E-state index contributed by atoms with van der Waals surface area (Å²) >= 11 is 0. The number of alkyl halides is 3. The molecule has 1 fully saturated rings. The molecule has 0 spiro atoms. The highest BCUT2D eigenvalue weighted by Crippen LogP contribution is 2.42. The predicted molar refractivity (Wildman–Crippen MR) is 127 cm³/mol. The van der Waals surface area contributed by atoms with E-state index in [-0.39, 0.29) is 29.4 Å². The van der Waals surface area contributed by atoms with Gasteiger partial charge in [0.05, 0.1) is 23.1 Å². The number of hydrogen-bond acceptors (Lipinski definition) is 6. The van der Waals surface area contributed by atoms with Gasteiger partial charge in [-0.1, -0.05) is 18.2 Å². The first kappa shape index (κ1) is 24.1. The first-order chi connectivity index (χ1) is 17.2. The predicted octanol–water partition coefficient (Wildman–Crippen LogP) is 4.90. The van der Waals surface area contributed by atoms with Crippen molar-refractivity contribution in [1.82, 2.24) is 9.21 Å². The molecule has 0 unspecified atom stereocenters. The zero-order valence-electron chi connectivity index (χ0n) is 19.2. The quantitative estimate of drug-likeness (QED) is 0.494. The van der Waals surface area contributed by atoms with Crippen LogP contribution < -0.4 is 9.47 Å². The lowest BCUT2D eigenvalue weighted by atomic mass is 10.1. The maximum absolute atomic E-state index is 13.3. The molecular formula is C25H22F3N3O4S. The van der Waals surface area contributed by atoms with Gasteiger partial charge in [-0.2, -0.15) is 17.5 Å². The second-order valence-electron chi connectivity index (χ2n) is 8.28. The number of rotatable bonds is 3. The molecule has 1 saturated heterocycles. The number of para-hydroxylation sites is 1. The van der Waals surface area contributed by atoms with E-state index in [0.717, 1.165) is 12.1 Å². The first-order valence-corrected chi connectivity index (χ1v) is 12.6. The van der Waals surface area contributed by atoms with Crippen molar-refractivity contribution in [1.29, 1.82) is 0 Å². The van der Waals surface area contributed by atoms with E-state index in [2.05, 4.69) is 4.99 Å². The molecule has 2 heterocycles. The maximum Gasteiger partial charge on any atom is 0.416 e. The van der Waals surface area contributed by atoms with Gasteiger partial charge in [0.1, 0.15) is 23.0 Å². The molecule has 188 valence electrons. The van der Waals surface area contributed by atoms with E-state index in [1.165, 1.54) is 29.6 Å². The van der Waals surface area contributed by atoms with Crippen LogP contribution in [-0.2, 0) is 16.2 Å². The summed E-state index contributed by atoms with van der Waals surface area (Å²) in [6, 6.07) is 16.5. The Kier molecular flexibility index (Phi) is 6.13. The Morgan fingerprint density at radius 3 is 2.39 bits per heavy atom. The molecule has 0 bridgehead atoms. The molecule has 36 heavy (non-hydrogen) atoms. The van der Waals surface area contributed by atoms with Gasteiger partial charge in [0, 0.05) is 32.2 Å². The molecule has 0 N–H and O–H groups in total. The fourth-order valence-electron chi connectivity index (χ4n) is 4.19. The normalized spacial score (nSPS) is 16.3. The van der Waals surface area contributed by atoms with Gasteiger partial charge in [-0.25, -0.2) is 13.4 Å². The Bertz CT molecular complexity index is 1430. The Balaban J connectivity index is 1.44. The molecule has 0 radical (unpaired) electrons. The first-order valence-electron chi connectivity index (χ1n) is 11.1. The van der Waals surface area contributed by atoms with Gasteiger partial charge in [0.15, 0.2) is 5.75 Å². The van der Waals surface area contributed by atoms with E-state index in [9.17, 15) is 21.6 Å². The van der Waals surface area contributed by atoms with Crippen LogP contribution in [0.4, 0.5) is 18.9 Å². The van der Waals surface area contributed by atoms with Crippen molar-refractivity contribution in [2.45, 2.75) is 11.1 Å². The van der Waals surface area contributed by atoms with E-state index in [1.807, 2.05) is 4.90 Å². The Morgan fingerprint density at radius 1 is 0.917 bits per heavy atom. The Labute approximate surface area is 206 Å². The molecule has 0 aliphatic carbocycles. The van der Waals surface area contributed by atoms with Crippen LogP contribution in [0.5, 0.6) is 17.2 Å². The van der Waals surface area contributed by atoms with E-state index in [4.69, 9.17) is 9.47 Å². The molecule has 11 heteroatoms. The second-order valence-corrected chi connectivity index (χ2v) is 10.2. The van der Waals surface area contributed by atoms with Gasteiger partial charge in [0.25, 0.3) is 0 Å². The Hall–Kier alpha value is -3.57. The summed E-state index contributed by atoms with van der Waals surface area (Å²) in [6.45, 7) is 1.10. The van der Waals surface area contributed by atoms with Crippen molar-refractivity contribution in [3.8, 4) is 17.2 Å². The molecule has 7 nitrogen and oxygen atoms in total. The minimum absolute atomic E-state index is 0.00603. The number of ether oxygens (including phenoxy) is 2. The van der Waals surface area contributed by atoms with Crippen LogP contribution in [0, 0.1) is 0 Å². The third-order valence-electron chi connectivity index (χ3n) is 6.08. The molecule has 2 aliphatic heterocycles. The Morgan fingerprint density at radius 2 is 1.67 bits per heavy atom. The van der Waals surface area contributed by atoms with Crippen LogP contribution in [0.1, 0.15) is 11.1 Å². The van der Waals surface area contributed by atoms with Crippen molar-refractivity contribution in [3.05, 3.63) is 77.9 Å². The summed E-state index contributed by atoms with van der Waals surface area (Å²) < 4.78 is 78.5. The van der Waals surface area contributed by atoms with Gasteiger partial charge in [-0.05, 0) is 42.5 Å². The molecule has 5 rings (SSSR count). The topological polar surface area (TPSA) is 71.4 Å². The highest BCUT2D eigenvalue weighted by molar-refractivity contribution is 7.89. The van der Waals surface area contributed by atoms with Gasteiger partial charge in [-0.15, -0.1) is 0 Å². The highest BCUT2D eigenvalue weighted by Gasteiger charge is 2.34. The number of aliphatic imine (C=N–C) groups is 1. The van der Waals surface area contributed by atoms with Gasteiger partial charge in [-0.3, -0.25) is 0 Å². The van der Waals surface area contributed by atoms with Crippen LogP contribution in [0.25, 0.3) is 0 Å². The zero-order valence-corrected chi connectivity index (χ0v) is 20.0. The van der Waals surface area contributed by atoms with E-state index >= 15 is 0 Å². The van der Waals surface area contributed by atoms with E-state index < -0.39 is 21.8 Å². The molecular weight excluding hydrogens is 495 g/mol. The van der Waals surface area contributed by atoms with Gasteiger partial charge < -0.3 is 14.4 Å². The van der Waals surface area contributed by atoms with E-state index in [0.29, 0.717) is 36.0 Å². The van der Waals surface area contributed by atoms with Crippen molar-refractivity contribution in [2.75, 3.05) is 33.3 Å². The lowest BCUT2D eigenvalue weighted by Gasteiger charge is -2.35. The highest BCUT2D eigenvalue weighted by atomic mass is 32.2. The average Bonchev–Trinajstić information content (AvgIpc) is 3.04. The number of amidine groups is 1. The summed E-state index contributed by atoms with van der Waals surface area (Å²) in [5, 5.41) is 0. The number of hydrogen-bond donors (Lipinski definition) is 0. The number of halogens is 3. The molecule has 0 saturated carbocycles. The zero-order chi connectivity index (χ0) is 25.5. The van der Waals surface area contributed by atoms with Crippen LogP contribution in [0.15, 0.2) is 76.6 Å². The van der Waals surface area contributed by atoms with Gasteiger partial charge in [0.2, 0.25) is 10.0 Å². The SMILES string of the molecule is COc1cccc(S(=O)(=O)N2CCN(C3=Nc4ccc(C(F)(F)F)cc4Oc4ccccc43)CC2)c1. The minimum atomic E-state index is -4.51. The summed E-state index contributed by atoms with van der Waals surface area (Å²) in [6.07, 6.45) is -4.51. The van der Waals surface area contributed by atoms with Crippen LogP contribution in [-0.4, -0.2) is 56.7 Å². The largest absolute Gasteiger partial charge is 0.497 e. The number of methoxy groups -OCH3 is 1. The van der Waals surface area contributed by atoms with Crippen molar-refractivity contribution >= 4 is 21.5 Å². The lowest BCUT2D eigenvalue weighted by molar-refractivity contribution is -0.137. The van der Waals surface area contributed by atoms with Crippen LogP contribution in [0.3, 0.4) is 0 Å². The third-order valence-corrected chi connectivity index (χ3v) is 7.97. The molecule has 3 aromatic carbocycles. The number of fused-ring (bicyclic) bond motifs is 2. The fourth-order valence-corrected chi connectivity index (χ4v) is 5.65. The number of sulfonamides is 1. The molecule has 3 aromatic rings. The summed E-state index contributed by atoms with van der Waals surface area (Å²) in [7, 11) is -2.25. The third kappa shape index (κ3) is 4.51. The van der Waals surface area contributed by atoms with Crippen molar-refractivity contribution < 1.29 is 31.1 Å². The van der Waals surface area contributed by atoms with Gasteiger partial charge >= 0.3 is 6.18 Å². The van der Waals surface area contributed by atoms with E-state index in [1.54, 1.807) is 36.4 Å². The van der Waals surface area contributed by atoms with Crippen LogP contribution >= 0.6 is 0 Å². The van der Waals surface area contributed by atoms with Crippen molar-refractivity contribution in [3.63, 3.8) is 0 Å². The summed E-state index contributed by atoms with van der Waals surface area (Å²) in [4.78, 5) is 6.73. The molecule has 0 atom stereocenters. The number of piperazine rings is 1. The average molecular weight is 518 g/mol. The summed E-state index contributed by atoms with van der Waals surface area (Å²) in [5.74, 6) is 1.35. The molecule has 0 amide bonds. The maximum atomic E-state index is 13.3. The minimum Gasteiger partial charge on any atom is -0.497 e. The van der Waals surface area contributed by atoms with Crippen LogP contribution in [0.2, 0.25) is 0 Å². The summed E-state index contributed by atoms with van der Waals surface area (Å²) in [5.41, 5.74) is 0.0562. The second kappa shape index (κ2) is 9.14. The lowest BCUT2D eigenvalue weighted by Crippen LogP contribution is -2.50.